The van der Waals surface area contributed by atoms with E-state index in [4.69, 9.17) is 0 Å². The predicted molar refractivity (Wildman–Crippen MR) is 49.4 cm³/mol. The van der Waals surface area contributed by atoms with E-state index in [1.807, 2.05) is 13.8 Å². The minimum Gasteiger partial charge on any atom is -0.288 e. The van der Waals surface area contributed by atoms with Crippen LogP contribution in [0.4, 0.5) is 0 Å². The summed E-state index contributed by atoms with van der Waals surface area (Å²) >= 11 is 4.16. The zero-order valence-electron chi connectivity index (χ0n) is 7.46. The van der Waals surface area contributed by atoms with Crippen molar-refractivity contribution >= 4 is 18.5 Å². The molecule has 1 unspecified atom stereocenters. The summed E-state index contributed by atoms with van der Waals surface area (Å²) in [4.78, 5) is 11.2. The van der Waals surface area contributed by atoms with Crippen LogP contribution in [0, 0.1) is 5.92 Å². The van der Waals surface area contributed by atoms with Crippen molar-refractivity contribution in [3.05, 3.63) is 0 Å². The lowest BCUT2D eigenvalue weighted by molar-refractivity contribution is -0.124. The molecule has 0 fully saturated rings. The van der Waals surface area contributed by atoms with Gasteiger partial charge in [0, 0.05) is 14.1 Å². The molecule has 0 aromatic heterocycles. The van der Waals surface area contributed by atoms with Crippen LogP contribution in [0.2, 0.25) is 0 Å². The number of carbonyl (C=O) groups excluding carboxylic acids is 1. The quantitative estimate of drug-likeness (QED) is 0.486. The minimum atomic E-state index is -0.225. The SMILES string of the molecule is CC(C)C(S)C(=O)NN(C)C. The van der Waals surface area contributed by atoms with Crippen LogP contribution in [-0.2, 0) is 4.79 Å². The Labute approximate surface area is 73.5 Å². The molecule has 1 amide bonds. The lowest BCUT2D eigenvalue weighted by atomic mass is 10.1. The Hall–Kier alpha value is -0.220. The summed E-state index contributed by atoms with van der Waals surface area (Å²) in [6.45, 7) is 3.93. The highest BCUT2D eigenvalue weighted by atomic mass is 32.1. The Morgan fingerprint density at radius 1 is 1.45 bits per heavy atom. The van der Waals surface area contributed by atoms with E-state index in [2.05, 4.69) is 18.1 Å². The van der Waals surface area contributed by atoms with Crippen LogP contribution in [0.15, 0.2) is 0 Å². The summed E-state index contributed by atoms with van der Waals surface area (Å²) in [6, 6.07) is 0. The molecule has 0 bridgehead atoms. The van der Waals surface area contributed by atoms with E-state index in [0.29, 0.717) is 0 Å². The van der Waals surface area contributed by atoms with Crippen molar-refractivity contribution in [2.75, 3.05) is 14.1 Å². The van der Waals surface area contributed by atoms with Gasteiger partial charge in [-0.3, -0.25) is 10.2 Å². The Kier molecular flexibility index (Phi) is 4.52. The fourth-order valence-corrected chi connectivity index (χ4v) is 0.647. The summed E-state index contributed by atoms with van der Waals surface area (Å²) in [6.07, 6.45) is 0. The van der Waals surface area contributed by atoms with Gasteiger partial charge in [0.25, 0.3) is 0 Å². The summed E-state index contributed by atoms with van der Waals surface area (Å²) in [7, 11) is 3.55. The van der Waals surface area contributed by atoms with Crippen LogP contribution in [0.25, 0.3) is 0 Å². The van der Waals surface area contributed by atoms with E-state index < -0.39 is 0 Å². The van der Waals surface area contributed by atoms with Crippen molar-refractivity contribution in [3.63, 3.8) is 0 Å². The van der Waals surface area contributed by atoms with Gasteiger partial charge in [-0.05, 0) is 5.92 Å². The van der Waals surface area contributed by atoms with Gasteiger partial charge in [0.15, 0.2) is 0 Å². The second kappa shape index (κ2) is 4.62. The maximum Gasteiger partial charge on any atom is 0.247 e. The van der Waals surface area contributed by atoms with Crippen LogP contribution >= 0.6 is 12.6 Å². The van der Waals surface area contributed by atoms with Crippen molar-refractivity contribution in [1.82, 2.24) is 10.4 Å². The molecule has 0 aliphatic heterocycles. The van der Waals surface area contributed by atoms with E-state index in [1.165, 1.54) is 0 Å². The highest BCUT2D eigenvalue weighted by Crippen LogP contribution is 2.08. The number of nitrogens with one attached hydrogen (secondary N) is 1. The molecule has 0 saturated heterocycles. The number of hydrogen-bond donors (Lipinski definition) is 2. The first kappa shape index (κ1) is 10.8. The molecule has 11 heavy (non-hydrogen) atoms. The van der Waals surface area contributed by atoms with Gasteiger partial charge in [0.05, 0.1) is 5.25 Å². The summed E-state index contributed by atoms with van der Waals surface area (Å²) < 4.78 is 0. The second-order valence-electron chi connectivity index (χ2n) is 3.06. The first-order valence-corrected chi connectivity index (χ1v) is 4.12. The van der Waals surface area contributed by atoms with Crippen molar-refractivity contribution in [2.24, 2.45) is 5.92 Å². The van der Waals surface area contributed by atoms with Crippen LogP contribution in [-0.4, -0.2) is 30.3 Å². The van der Waals surface area contributed by atoms with Crippen LogP contribution in [0.5, 0.6) is 0 Å². The molecule has 1 atom stereocenters. The summed E-state index contributed by atoms with van der Waals surface area (Å²) in [5.74, 6) is 0.214. The van der Waals surface area contributed by atoms with Crippen molar-refractivity contribution in [3.8, 4) is 0 Å². The maximum absolute atomic E-state index is 11.2. The molecule has 0 spiro atoms. The Bertz CT molecular complexity index is 136. The van der Waals surface area contributed by atoms with E-state index >= 15 is 0 Å². The lowest BCUT2D eigenvalue weighted by Crippen LogP contribution is -2.42. The monoisotopic (exact) mass is 176 g/mol. The molecule has 0 saturated carbocycles. The summed E-state index contributed by atoms with van der Waals surface area (Å²) in [5, 5.41) is 1.39. The average Bonchev–Trinajstić information content (AvgIpc) is 1.84. The first-order chi connectivity index (χ1) is 4.95. The fraction of sp³-hybridized carbons (Fsp3) is 0.857. The number of hydrazine groups is 1. The number of amides is 1. The normalized spacial score (nSPS) is 13.7. The van der Waals surface area contributed by atoms with Crippen LogP contribution in [0.1, 0.15) is 13.8 Å². The number of hydrogen-bond acceptors (Lipinski definition) is 3. The first-order valence-electron chi connectivity index (χ1n) is 3.61. The zero-order valence-corrected chi connectivity index (χ0v) is 8.35. The van der Waals surface area contributed by atoms with Gasteiger partial charge >= 0.3 is 0 Å². The third kappa shape index (κ3) is 4.27. The molecule has 3 nitrogen and oxygen atoms in total. The van der Waals surface area contributed by atoms with E-state index in [9.17, 15) is 4.79 Å². The number of rotatable bonds is 3. The Morgan fingerprint density at radius 3 is 2.18 bits per heavy atom. The Balaban J connectivity index is 3.83. The number of carbonyl (C=O) groups is 1. The molecule has 0 radical (unpaired) electrons. The summed E-state index contributed by atoms with van der Waals surface area (Å²) in [5.41, 5.74) is 2.64. The number of thiol groups is 1. The highest BCUT2D eigenvalue weighted by molar-refractivity contribution is 7.81. The van der Waals surface area contributed by atoms with Gasteiger partial charge in [0.1, 0.15) is 0 Å². The third-order valence-electron chi connectivity index (χ3n) is 1.23. The molecule has 66 valence electrons. The zero-order chi connectivity index (χ0) is 9.02. The van der Waals surface area contributed by atoms with Gasteiger partial charge in [0.2, 0.25) is 5.91 Å². The largest absolute Gasteiger partial charge is 0.288 e. The molecular weight excluding hydrogens is 160 g/mol. The fourth-order valence-electron chi connectivity index (χ4n) is 0.589. The van der Waals surface area contributed by atoms with Crippen molar-refractivity contribution in [2.45, 2.75) is 19.1 Å². The van der Waals surface area contributed by atoms with Crippen molar-refractivity contribution < 1.29 is 4.79 Å². The van der Waals surface area contributed by atoms with Gasteiger partial charge in [-0.25, -0.2) is 5.01 Å². The van der Waals surface area contributed by atoms with Crippen LogP contribution < -0.4 is 5.43 Å². The van der Waals surface area contributed by atoms with Gasteiger partial charge in [-0.1, -0.05) is 13.8 Å². The smallest absolute Gasteiger partial charge is 0.247 e. The van der Waals surface area contributed by atoms with E-state index in [1.54, 1.807) is 19.1 Å². The highest BCUT2D eigenvalue weighted by Gasteiger charge is 2.17. The van der Waals surface area contributed by atoms with E-state index in [0.717, 1.165) is 0 Å². The number of nitrogens with zero attached hydrogens (tertiary/aromatic N) is 1. The molecule has 0 aromatic carbocycles. The van der Waals surface area contributed by atoms with Crippen LogP contribution in [0.3, 0.4) is 0 Å². The molecule has 0 aromatic rings. The Morgan fingerprint density at radius 2 is 1.91 bits per heavy atom. The average molecular weight is 176 g/mol. The maximum atomic E-state index is 11.2. The lowest BCUT2D eigenvalue weighted by Gasteiger charge is -2.17. The van der Waals surface area contributed by atoms with E-state index in [-0.39, 0.29) is 17.1 Å². The standard InChI is InChI=1S/C7H16N2OS/c1-5(2)6(11)7(10)8-9(3)4/h5-6,11H,1-4H3,(H,8,10). The van der Waals surface area contributed by atoms with Crippen molar-refractivity contribution in [1.29, 1.82) is 0 Å². The topological polar surface area (TPSA) is 32.3 Å². The molecule has 0 aliphatic carbocycles. The molecular formula is C7H16N2OS. The molecule has 4 heteroatoms. The van der Waals surface area contributed by atoms with Gasteiger partial charge < -0.3 is 0 Å². The van der Waals surface area contributed by atoms with Gasteiger partial charge in [-0.2, -0.15) is 12.6 Å². The predicted octanol–water partition coefficient (Wildman–Crippen LogP) is 0.534. The second-order valence-corrected chi connectivity index (χ2v) is 3.62. The molecule has 0 aliphatic rings. The minimum absolute atomic E-state index is 0.0478. The molecule has 0 rings (SSSR count). The van der Waals surface area contributed by atoms with Gasteiger partial charge in [-0.15, -0.1) is 0 Å². The molecule has 1 N–H and O–H groups in total. The third-order valence-corrected chi connectivity index (χ3v) is 2.06. The molecule has 0 heterocycles.